The van der Waals surface area contributed by atoms with Crippen LogP contribution in [0.4, 0.5) is 0 Å². The third-order valence-corrected chi connectivity index (χ3v) is 6.31. The van der Waals surface area contributed by atoms with Gasteiger partial charge in [0.15, 0.2) is 6.61 Å². The van der Waals surface area contributed by atoms with Gasteiger partial charge in [0, 0.05) is 0 Å². The molecule has 1 aromatic rings. The number of aliphatic carboxylic acids is 1. The Bertz CT molecular complexity index is 786. The van der Waals surface area contributed by atoms with E-state index in [2.05, 4.69) is 10.6 Å². The third kappa shape index (κ3) is 2.89. The number of benzene rings is 1. The minimum atomic E-state index is -1.87. The lowest BCUT2D eigenvalue weighted by Crippen LogP contribution is -2.79. The number of nitrogens with zero attached hydrogens (tertiary/aromatic N) is 1. The SMILES string of the molecule is CC1(C)S[C@@H]2[C@H](NC(=O)COc3ccccc3)C(=O)N2[C@@]1(NC=O)C(=O)O. The fraction of sp³-hybridized carbons (Fsp3) is 0.412. The first kappa shape index (κ1) is 19.0. The highest BCUT2D eigenvalue weighted by Gasteiger charge is 2.73. The summed E-state index contributed by atoms with van der Waals surface area (Å²) in [7, 11) is 0. The van der Waals surface area contributed by atoms with Crippen LogP contribution in [0.5, 0.6) is 5.75 Å². The Morgan fingerprint density at radius 2 is 2.00 bits per heavy atom. The highest BCUT2D eigenvalue weighted by atomic mass is 32.2. The molecule has 0 saturated carbocycles. The topological polar surface area (TPSA) is 125 Å². The second-order valence-electron chi connectivity index (χ2n) is 6.65. The van der Waals surface area contributed by atoms with E-state index in [0.29, 0.717) is 5.75 Å². The van der Waals surface area contributed by atoms with Crippen LogP contribution >= 0.6 is 11.8 Å². The molecular formula is C17H19N3O6S. The minimum absolute atomic E-state index is 0.270. The van der Waals surface area contributed by atoms with E-state index in [4.69, 9.17) is 4.74 Å². The third-order valence-electron chi connectivity index (χ3n) is 4.70. The van der Waals surface area contributed by atoms with Gasteiger partial charge in [-0.05, 0) is 26.0 Å². The summed E-state index contributed by atoms with van der Waals surface area (Å²) in [5, 5.41) is 14.0. The molecule has 0 bridgehead atoms. The number of carboxylic acids is 1. The molecule has 2 aliphatic rings. The normalized spacial score (nSPS) is 27.9. The average Bonchev–Trinajstić information content (AvgIpc) is 2.84. The molecule has 2 aliphatic heterocycles. The van der Waals surface area contributed by atoms with Crippen molar-refractivity contribution in [3.8, 4) is 5.75 Å². The number of amides is 3. The van der Waals surface area contributed by atoms with Crippen LogP contribution in [0.25, 0.3) is 0 Å². The molecule has 0 spiro atoms. The van der Waals surface area contributed by atoms with E-state index in [9.17, 15) is 24.3 Å². The van der Waals surface area contributed by atoms with Crippen LogP contribution in [-0.4, -0.2) is 62.6 Å². The van der Waals surface area contributed by atoms with Gasteiger partial charge in [-0.3, -0.25) is 19.3 Å². The van der Waals surface area contributed by atoms with E-state index in [1.165, 1.54) is 11.8 Å². The zero-order valence-electron chi connectivity index (χ0n) is 14.7. The number of carbonyl (C=O) groups excluding carboxylic acids is 3. The lowest BCUT2D eigenvalue weighted by molar-refractivity contribution is -0.175. The number of ether oxygens (including phenoxy) is 1. The maximum Gasteiger partial charge on any atom is 0.352 e. The Morgan fingerprint density at radius 1 is 1.33 bits per heavy atom. The first-order chi connectivity index (χ1) is 12.7. The van der Waals surface area contributed by atoms with Gasteiger partial charge in [0.1, 0.15) is 17.2 Å². The summed E-state index contributed by atoms with van der Waals surface area (Å²) in [5.41, 5.74) is -1.87. The summed E-state index contributed by atoms with van der Waals surface area (Å²) in [6.45, 7) is 2.99. The second-order valence-corrected chi connectivity index (χ2v) is 8.39. The van der Waals surface area contributed by atoms with Gasteiger partial charge in [0.25, 0.3) is 11.8 Å². The molecule has 144 valence electrons. The minimum Gasteiger partial charge on any atom is -0.484 e. The van der Waals surface area contributed by atoms with Gasteiger partial charge in [-0.25, -0.2) is 4.79 Å². The molecule has 0 unspecified atom stereocenters. The van der Waals surface area contributed by atoms with E-state index < -0.39 is 39.6 Å². The van der Waals surface area contributed by atoms with Gasteiger partial charge < -0.3 is 20.5 Å². The van der Waals surface area contributed by atoms with Crippen LogP contribution in [0.2, 0.25) is 0 Å². The molecule has 10 heteroatoms. The summed E-state index contributed by atoms with van der Waals surface area (Å²) in [6, 6.07) is 7.87. The lowest BCUT2D eigenvalue weighted by atomic mass is 9.88. The van der Waals surface area contributed by atoms with Crippen LogP contribution in [0, 0.1) is 0 Å². The van der Waals surface area contributed by atoms with Crippen molar-refractivity contribution in [1.82, 2.24) is 15.5 Å². The largest absolute Gasteiger partial charge is 0.484 e. The Balaban J connectivity index is 1.69. The van der Waals surface area contributed by atoms with Gasteiger partial charge >= 0.3 is 5.97 Å². The molecule has 27 heavy (non-hydrogen) atoms. The molecule has 3 N–H and O–H groups in total. The number of nitrogens with one attached hydrogen (secondary N) is 2. The predicted octanol–water partition coefficient (Wildman–Crippen LogP) is -0.229. The molecule has 0 aromatic heterocycles. The maximum atomic E-state index is 12.6. The molecule has 2 saturated heterocycles. The number of thioether (sulfide) groups is 1. The second kappa shape index (κ2) is 6.76. The van der Waals surface area contributed by atoms with Crippen LogP contribution in [-0.2, 0) is 19.2 Å². The number of hydrogen-bond donors (Lipinski definition) is 3. The summed E-state index contributed by atoms with van der Waals surface area (Å²) < 4.78 is 4.35. The summed E-state index contributed by atoms with van der Waals surface area (Å²) in [5.74, 6) is -1.87. The fourth-order valence-corrected chi connectivity index (χ4v) is 5.09. The summed E-state index contributed by atoms with van der Waals surface area (Å²) in [4.78, 5) is 48.7. The number of fused-ring (bicyclic) bond motifs is 1. The highest BCUT2D eigenvalue weighted by molar-refractivity contribution is 8.01. The fourth-order valence-electron chi connectivity index (χ4n) is 3.38. The zero-order chi connectivity index (χ0) is 19.8. The van der Waals surface area contributed by atoms with Crippen molar-refractivity contribution in [1.29, 1.82) is 0 Å². The molecule has 0 aliphatic carbocycles. The van der Waals surface area contributed by atoms with E-state index >= 15 is 0 Å². The van der Waals surface area contributed by atoms with Crippen LogP contribution < -0.4 is 15.4 Å². The first-order valence-corrected chi connectivity index (χ1v) is 9.05. The van der Waals surface area contributed by atoms with E-state index in [-0.39, 0.29) is 13.0 Å². The smallest absolute Gasteiger partial charge is 0.352 e. The number of carbonyl (C=O) groups is 4. The number of carboxylic acid groups (broad SMARTS) is 1. The number of para-hydroxylation sites is 1. The molecule has 1 aromatic carbocycles. The number of hydrogen-bond acceptors (Lipinski definition) is 6. The van der Waals surface area contributed by atoms with Gasteiger partial charge in [0.2, 0.25) is 12.1 Å². The average molecular weight is 393 g/mol. The van der Waals surface area contributed by atoms with Crippen LogP contribution in [0.3, 0.4) is 0 Å². The lowest BCUT2D eigenvalue weighted by Gasteiger charge is -2.49. The van der Waals surface area contributed by atoms with E-state index in [1.54, 1.807) is 38.1 Å². The predicted molar refractivity (Wildman–Crippen MR) is 95.7 cm³/mol. The molecule has 3 rings (SSSR count). The molecular weight excluding hydrogens is 374 g/mol. The van der Waals surface area contributed by atoms with Crippen LogP contribution in [0.15, 0.2) is 30.3 Å². The van der Waals surface area contributed by atoms with E-state index in [1.807, 2.05) is 6.07 Å². The zero-order valence-corrected chi connectivity index (χ0v) is 15.5. The summed E-state index contributed by atoms with van der Waals surface area (Å²) >= 11 is 1.21. The van der Waals surface area contributed by atoms with Crippen molar-refractivity contribution in [2.75, 3.05) is 6.61 Å². The standard InChI is InChI=1S/C17H19N3O6S/c1-16(2)17(15(24)25,18-9-21)20-13(23)12(14(20)27-16)19-11(22)8-26-10-6-4-3-5-7-10/h3-7,9,12,14H,8H2,1-2H3,(H,18,21)(H,19,22)(H,24,25)/t12-,14-,17+/m1/s1. The number of β-lactam (4-membered cyclic amide) rings is 1. The van der Waals surface area contributed by atoms with Crippen molar-refractivity contribution in [2.24, 2.45) is 0 Å². The van der Waals surface area contributed by atoms with Crippen LogP contribution in [0.1, 0.15) is 13.8 Å². The summed E-state index contributed by atoms with van der Waals surface area (Å²) in [6.07, 6.45) is 0.270. The molecule has 3 atom stereocenters. The molecule has 0 radical (unpaired) electrons. The Morgan fingerprint density at radius 3 is 2.59 bits per heavy atom. The number of rotatable bonds is 7. The highest BCUT2D eigenvalue weighted by Crippen LogP contribution is 2.55. The van der Waals surface area contributed by atoms with Gasteiger partial charge in [-0.2, -0.15) is 0 Å². The van der Waals surface area contributed by atoms with Crippen molar-refractivity contribution >= 4 is 36.0 Å². The van der Waals surface area contributed by atoms with Gasteiger partial charge in [-0.15, -0.1) is 11.8 Å². The molecule has 9 nitrogen and oxygen atoms in total. The van der Waals surface area contributed by atoms with Crippen molar-refractivity contribution in [2.45, 2.75) is 35.7 Å². The Hall–Kier alpha value is -2.75. The molecule has 3 amide bonds. The maximum absolute atomic E-state index is 12.6. The Labute approximate surface area is 159 Å². The quantitative estimate of drug-likeness (QED) is 0.432. The van der Waals surface area contributed by atoms with Gasteiger partial charge in [-0.1, -0.05) is 18.2 Å². The first-order valence-electron chi connectivity index (χ1n) is 8.17. The van der Waals surface area contributed by atoms with Gasteiger partial charge in [0.05, 0.1) is 4.75 Å². The molecule has 2 fully saturated rings. The Kier molecular flexibility index (Phi) is 4.77. The monoisotopic (exact) mass is 393 g/mol. The van der Waals surface area contributed by atoms with Crippen molar-refractivity contribution < 1.29 is 29.0 Å². The van der Waals surface area contributed by atoms with Crippen molar-refractivity contribution in [3.63, 3.8) is 0 Å². The molecule has 2 heterocycles. The van der Waals surface area contributed by atoms with E-state index in [0.717, 1.165) is 4.90 Å². The van der Waals surface area contributed by atoms with Crippen molar-refractivity contribution in [3.05, 3.63) is 30.3 Å².